The standard InChI is InChI=1S/C30H28O3/c1-2-12-28-29(32-22-25-15-8-4-9-16-25)19-27(31-21-24-13-6-3-7-14-24)20-30(28)33-23-26-17-10-5-11-18-26/h2-11,13-20H,1,12,21-23H2. The van der Waals surface area contributed by atoms with Crippen molar-refractivity contribution >= 4 is 0 Å². The highest BCUT2D eigenvalue weighted by molar-refractivity contribution is 5.52. The molecule has 0 atom stereocenters. The summed E-state index contributed by atoms with van der Waals surface area (Å²) in [4.78, 5) is 0. The minimum absolute atomic E-state index is 0.464. The van der Waals surface area contributed by atoms with Crippen LogP contribution in [0.5, 0.6) is 17.2 Å². The van der Waals surface area contributed by atoms with E-state index in [9.17, 15) is 0 Å². The van der Waals surface area contributed by atoms with E-state index in [1.54, 1.807) is 0 Å². The Kier molecular flexibility index (Phi) is 7.80. The zero-order valence-electron chi connectivity index (χ0n) is 18.7. The molecule has 0 aliphatic carbocycles. The second kappa shape index (κ2) is 11.6. The first-order chi connectivity index (χ1) is 16.3. The molecule has 0 amide bonds. The first kappa shape index (κ1) is 22.2. The number of rotatable bonds is 11. The Morgan fingerprint density at radius 2 is 0.939 bits per heavy atom. The molecule has 0 heterocycles. The number of hydrogen-bond donors (Lipinski definition) is 0. The Labute approximate surface area is 195 Å². The van der Waals surface area contributed by atoms with Crippen LogP contribution >= 0.6 is 0 Å². The van der Waals surface area contributed by atoms with Gasteiger partial charge in [-0.15, -0.1) is 6.58 Å². The summed E-state index contributed by atoms with van der Waals surface area (Å²) in [5.74, 6) is 2.19. The number of ether oxygens (including phenoxy) is 3. The Morgan fingerprint density at radius 3 is 1.33 bits per heavy atom. The fourth-order valence-corrected chi connectivity index (χ4v) is 3.49. The van der Waals surface area contributed by atoms with Gasteiger partial charge in [-0.2, -0.15) is 0 Å². The zero-order chi connectivity index (χ0) is 22.7. The summed E-state index contributed by atoms with van der Waals surface area (Å²) in [5, 5.41) is 0. The van der Waals surface area contributed by atoms with Crippen LogP contribution in [0.3, 0.4) is 0 Å². The maximum atomic E-state index is 6.25. The van der Waals surface area contributed by atoms with Crippen LogP contribution in [0.2, 0.25) is 0 Å². The van der Waals surface area contributed by atoms with E-state index in [0.717, 1.165) is 33.8 Å². The molecule has 4 aromatic rings. The molecule has 0 bridgehead atoms. The lowest BCUT2D eigenvalue weighted by Crippen LogP contribution is -2.04. The molecule has 0 spiro atoms. The molecular formula is C30H28O3. The molecule has 0 aliphatic rings. The number of benzene rings is 4. The van der Waals surface area contributed by atoms with Gasteiger partial charge in [-0.25, -0.2) is 0 Å². The highest BCUT2D eigenvalue weighted by atomic mass is 16.5. The van der Waals surface area contributed by atoms with Gasteiger partial charge in [0.2, 0.25) is 0 Å². The second-order valence-electron chi connectivity index (χ2n) is 7.71. The molecule has 0 aliphatic heterocycles. The summed E-state index contributed by atoms with van der Waals surface area (Å²) in [6.07, 6.45) is 2.50. The van der Waals surface area contributed by atoms with Gasteiger partial charge >= 0.3 is 0 Å². The third-order valence-corrected chi connectivity index (χ3v) is 5.21. The summed E-state index contributed by atoms with van der Waals surface area (Å²) < 4.78 is 18.6. The summed E-state index contributed by atoms with van der Waals surface area (Å²) in [7, 11) is 0. The monoisotopic (exact) mass is 436 g/mol. The van der Waals surface area contributed by atoms with E-state index in [-0.39, 0.29) is 0 Å². The van der Waals surface area contributed by atoms with Crippen molar-refractivity contribution in [3.05, 3.63) is 138 Å². The summed E-state index contributed by atoms with van der Waals surface area (Å²) in [6.45, 7) is 5.33. The van der Waals surface area contributed by atoms with Crippen molar-refractivity contribution in [3.63, 3.8) is 0 Å². The fraction of sp³-hybridized carbons (Fsp3) is 0.133. The topological polar surface area (TPSA) is 27.7 Å². The van der Waals surface area contributed by atoms with Crippen LogP contribution in [0, 0.1) is 0 Å². The van der Waals surface area contributed by atoms with Crippen molar-refractivity contribution in [2.45, 2.75) is 26.2 Å². The smallest absolute Gasteiger partial charge is 0.130 e. The summed E-state index contributed by atoms with van der Waals surface area (Å²) in [5.41, 5.74) is 4.27. The highest BCUT2D eigenvalue weighted by Gasteiger charge is 2.15. The molecular weight excluding hydrogens is 408 g/mol. The van der Waals surface area contributed by atoms with Crippen molar-refractivity contribution in [3.8, 4) is 17.2 Å². The predicted octanol–water partition coefficient (Wildman–Crippen LogP) is 7.15. The van der Waals surface area contributed by atoms with E-state index < -0.39 is 0 Å². The lowest BCUT2D eigenvalue weighted by atomic mass is 10.1. The van der Waals surface area contributed by atoms with Crippen molar-refractivity contribution < 1.29 is 14.2 Å². The molecule has 4 rings (SSSR count). The van der Waals surface area contributed by atoms with Crippen LogP contribution in [-0.2, 0) is 26.2 Å². The SMILES string of the molecule is C=CCc1c(OCc2ccccc2)cc(OCc2ccccc2)cc1OCc1ccccc1. The van der Waals surface area contributed by atoms with Crippen LogP contribution in [0.25, 0.3) is 0 Å². The molecule has 33 heavy (non-hydrogen) atoms. The van der Waals surface area contributed by atoms with Gasteiger partial charge in [0.05, 0.1) is 0 Å². The predicted molar refractivity (Wildman–Crippen MR) is 133 cm³/mol. The first-order valence-corrected chi connectivity index (χ1v) is 11.1. The van der Waals surface area contributed by atoms with E-state index in [4.69, 9.17) is 14.2 Å². The minimum atomic E-state index is 0.464. The van der Waals surface area contributed by atoms with Crippen molar-refractivity contribution in [1.82, 2.24) is 0 Å². The quantitative estimate of drug-likeness (QED) is 0.234. The van der Waals surface area contributed by atoms with E-state index in [1.165, 1.54) is 0 Å². The third-order valence-electron chi connectivity index (χ3n) is 5.21. The van der Waals surface area contributed by atoms with Gasteiger partial charge in [-0.05, 0) is 23.1 Å². The molecule has 0 saturated carbocycles. The van der Waals surface area contributed by atoms with E-state index in [2.05, 4.69) is 30.8 Å². The molecule has 3 nitrogen and oxygen atoms in total. The maximum Gasteiger partial charge on any atom is 0.130 e. The van der Waals surface area contributed by atoms with Gasteiger partial charge < -0.3 is 14.2 Å². The Morgan fingerprint density at radius 1 is 0.545 bits per heavy atom. The molecule has 0 fully saturated rings. The molecule has 0 saturated heterocycles. The van der Waals surface area contributed by atoms with Crippen LogP contribution in [0.15, 0.2) is 116 Å². The van der Waals surface area contributed by atoms with Crippen molar-refractivity contribution in [2.75, 3.05) is 0 Å². The van der Waals surface area contributed by atoms with Gasteiger partial charge in [-0.3, -0.25) is 0 Å². The largest absolute Gasteiger partial charge is 0.489 e. The normalized spacial score (nSPS) is 10.4. The highest BCUT2D eigenvalue weighted by Crippen LogP contribution is 2.36. The van der Waals surface area contributed by atoms with Crippen LogP contribution in [0.1, 0.15) is 22.3 Å². The first-order valence-electron chi connectivity index (χ1n) is 11.1. The van der Waals surface area contributed by atoms with E-state index >= 15 is 0 Å². The van der Waals surface area contributed by atoms with Crippen molar-refractivity contribution in [1.29, 1.82) is 0 Å². The maximum absolute atomic E-state index is 6.25. The number of hydrogen-bond acceptors (Lipinski definition) is 3. The molecule has 166 valence electrons. The van der Waals surface area contributed by atoms with Gasteiger partial charge in [0.25, 0.3) is 0 Å². The van der Waals surface area contributed by atoms with Gasteiger partial charge in [-0.1, -0.05) is 97.1 Å². The molecule has 4 aromatic carbocycles. The van der Waals surface area contributed by atoms with E-state index in [1.807, 2.05) is 84.9 Å². The lowest BCUT2D eigenvalue weighted by Gasteiger charge is -2.18. The van der Waals surface area contributed by atoms with Gasteiger partial charge in [0, 0.05) is 17.7 Å². The van der Waals surface area contributed by atoms with Crippen molar-refractivity contribution in [2.24, 2.45) is 0 Å². The van der Waals surface area contributed by atoms with Gasteiger partial charge in [0.15, 0.2) is 0 Å². The zero-order valence-corrected chi connectivity index (χ0v) is 18.7. The van der Waals surface area contributed by atoms with E-state index in [0.29, 0.717) is 32.0 Å². The Balaban J connectivity index is 1.60. The fourth-order valence-electron chi connectivity index (χ4n) is 3.49. The average Bonchev–Trinajstić information content (AvgIpc) is 2.88. The molecule has 0 unspecified atom stereocenters. The number of allylic oxidation sites excluding steroid dienone is 1. The average molecular weight is 437 g/mol. The second-order valence-corrected chi connectivity index (χ2v) is 7.71. The Bertz CT molecular complexity index is 1070. The van der Waals surface area contributed by atoms with Crippen LogP contribution in [0.4, 0.5) is 0 Å². The Hall–Kier alpha value is -3.98. The molecule has 0 N–H and O–H groups in total. The van der Waals surface area contributed by atoms with Crippen LogP contribution in [-0.4, -0.2) is 0 Å². The summed E-state index contributed by atoms with van der Waals surface area (Å²) >= 11 is 0. The molecule has 0 radical (unpaired) electrons. The molecule has 0 aromatic heterocycles. The minimum Gasteiger partial charge on any atom is -0.489 e. The molecule has 3 heteroatoms. The third kappa shape index (κ3) is 6.50. The van der Waals surface area contributed by atoms with Gasteiger partial charge in [0.1, 0.15) is 37.1 Å². The van der Waals surface area contributed by atoms with Crippen LogP contribution < -0.4 is 14.2 Å². The summed E-state index contributed by atoms with van der Waals surface area (Å²) in [6, 6.07) is 34.2. The lowest BCUT2D eigenvalue weighted by molar-refractivity contribution is 0.271.